The van der Waals surface area contributed by atoms with Crippen molar-refractivity contribution in [2.45, 2.75) is 13.0 Å². The van der Waals surface area contributed by atoms with Crippen molar-refractivity contribution in [3.63, 3.8) is 0 Å². The molecule has 1 aliphatic heterocycles. The van der Waals surface area contributed by atoms with Gasteiger partial charge in [-0.2, -0.15) is 4.31 Å². The quantitative estimate of drug-likeness (QED) is 0.555. The van der Waals surface area contributed by atoms with Crippen LogP contribution >= 0.6 is 0 Å². The number of ether oxygens (including phenoxy) is 1. The van der Waals surface area contributed by atoms with Crippen molar-refractivity contribution < 1.29 is 32.6 Å². The van der Waals surface area contributed by atoms with Gasteiger partial charge in [0.15, 0.2) is 0 Å². The predicted octanol–water partition coefficient (Wildman–Crippen LogP) is -1.96. The molecule has 0 aromatic carbocycles. The number of amides is 2. The van der Waals surface area contributed by atoms with Crippen molar-refractivity contribution in [3.8, 4) is 0 Å². The van der Waals surface area contributed by atoms with Gasteiger partial charge in [-0.25, -0.2) is 8.42 Å². The van der Waals surface area contributed by atoms with Crippen molar-refractivity contribution in [2.75, 3.05) is 52.6 Å². The Bertz CT molecular complexity index is 592. The van der Waals surface area contributed by atoms with Gasteiger partial charge >= 0.3 is 5.97 Å². The molecule has 138 valence electrons. The molecule has 0 aromatic rings. The molecule has 10 nitrogen and oxygen atoms in total. The molecular formula is C13H23N3O7S. The van der Waals surface area contributed by atoms with Gasteiger partial charge in [0.05, 0.1) is 25.5 Å². The van der Waals surface area contributed by atoms with Gasteiger partial charge < -0.3 is 19.6 Å². The average molecular weight is 365 g/mol. The minimum atomic E-state index is -3.71. The number of hydrogen-bond donors (Lipinski definition) is 1. The van der Waals surface area contributed by atoms with Crippen LogP contribution in [0.2, 0.25) is 0 Å². The summed E-state index contributed by atoms with van der Waals surface area (Å²) in [6.07, 6.45) is 0.295. The van der Waals surface area contributed by atoms with Gasteiger partial charge in [-0.1, -0.05) is 0 Å². The van der Waals surface area contributed by atoms with Crippen molar-refractivity contribution in [2.24, 2.45) is 0 Å². The molecule has 24 heavy (non-hydrogen) atoms. The molecule has 0 saturated carbocycles. The maximum Gasteiger partial charge on any atom is 0.318 e. The van der Waals surface area contributed by atoms with E-state index in [0.717, 1.165) is 10.6 Å². The third-order valence-electron chi connectivity index (χ3n) is 3.59. The van der Waals surface area contributed by atoms with Crippen LogP contribution in [0.4, 0.5) is 0 Å². The Balaban J connectivity index is 2.69. The summed E-state index contributed by atoms with van der Waals surface area (Å²) >= 11 is 0. The van der Waals surface area contributed by atoms with Crippen LogP contribution in [0.25, 0.3) is 0 Å². The highest BCUT2D eigenvalue weighted by atomic mass is 32.2. The first-order valence-corrected chi connectivity index (χ1v) is 9.13. The van der Waals surface area contributed by atoms with Crippen LogP contribution < -0.4 is 0 Å². The largest absolute Gasteiger partial charge is 0.480 e. The zero-order valence-corrected chi connectivity index (χ0v) is 14.8. The lowest BCUT2D eigenvalue weighted by molar-refractivity contribution is -0.144. The Morgan fingerprint density at radius 3 is 2.42 bits per heavy atom. The number of nitrogens with zero attached hydrogens (tertiary/aromatic N) is 3. The monoisotopic (exact) mass is 365 g/mol. The smallest absolute Gasteiger partial charge is 0.318 e. The van der Waals surface area contributed by atoms with E-state index in [1.807, 2.05) is 0 Å². The van der Waals surface area contributed by atoms with Crippen LogP contribution in [-0.4, -0.2) is 104 Å². The minimum Gasteiger partial charge on any atom is -0.480 e. The van der Waals surface area contributed by atoms with Crippen molar-refractivity contribution in [1.82, 2.24) is 14.1 Å². The Kier molecular flexibility index (Phi) is 7.11. The Morgan fingerprint density at radius 2 is 1.92 bits per heavy atom. The fourth-order valence-corrected chi connectivity index (χ4v) is 2.95. The summed E-state index contributed by atoms with van der Waals surface area (Å²) in [5, 5.41) is 8.82. The number of rotatable bonds is 7. The zero-order chi connectivity index (χ0) is 18.5. The molecule has 0 spiro atoms. The highest BCUT2D eigenvalue weighted by Crippen LogP contribution is 2.10. The number of sulfonamides is 1. The Morgan fingerprint density at radius 1 is 1.29 bits per heavy atom. The topological polar surface area (TPSA) is 125 Å². The van der Waals surface area contributed by atoms with E-state index in [1.54, 1.807) is 0 Å². The summed E-state index contributed by atoms with van der Waals surface area (Å²) in [4.78, 5) is 36.9. The molecule has 1 fully saturated rings. The summed E-state index contributed by atoms with van der Waals surface area (Å²) in [6.45, 7) is 1.13. The fourth-order valence-electron chi connectivity index (χ4n) is 2.17. The summed E-state index contributed by atoms with van der Waals surface area (Å²) < 4.78 is 29.6. The van der Waals surface area contributed by atoms with Gasteiger partial charge in [0.25, 0.3) is 0 Å². The lowest BCUT2D eigenvalue weighted by Gasteiger charge is -2.35. The number of likely N-dealkylation sites (N-methyl/N-ethyl adjacent to an activating group) is 1. The Hall–Kier alpha value is -1.72. The van der Waals surface area contributed by atoms with E-state index in [4.69, 9.17) is 9.84 Å². The standard InChI is InChI=1S/C13H23N3O7S/c1-10(17)14(2)8-12(18)15-4-5-23-11(6-15)7-16(9-13(19)20)24(3,21)22/h11H,4-9H2,1-3H3,(H,19,20). The van der Waals surface area contributed by atoms with Crippen LogP contribution in [0.3, 0.4) is 0 Å². The number of carbonyl (C=O) groups excluding carboxylic acids is 2. The summed E-state index contributed by atoms with van der Waals surface area (Å²) in [5.41, 5.74) is 0. The minimum absolute atomic E-state index is 0.0764. The number of morpholine rings is 1. The first-order chi connectivity index (χ1) is 11.0. The van der Waals surface area contributed by atoms with E-state index in [2.05, 4.69) is 0 Å². The number of hydrogen-bond acceptors (Lipinski definition) is 6. The second-order valence-corrected chi connectivity index (χ2v) is 7.64. The number of carboxylic acids is 1. The average Bonchev–Trinajstić information content (AvgIpc) is 2.45. The van der Waals surface area contributed by atoms with Crippen molar-refractivity contribution >= 4 is 27.8 Å². The Labute approximate surface area is 141 Å². The molecule has 0 bridgehead atoms. The molecule has 1 heterocycles. The number of aliphatic carboxylic acids is 1. The molecule has 1 saturated heterocycles. The van der Waals surface area contributed by atoms with E-state index < -0.39 is 28.6 Å². The van der Waals surface area contributed by atoms with Crippen molar-refractivity contribution in [1.29, 1.82) is 0 Å². The second kappa shape index (κ2) is 8.40. The lowest BCUT2D eigenvalue weighted by atomic mass is 10.2. The molecule has 11 heteroatoms. The van der Waals surface area contributed by atoms with Crippen molar-refractivity contribution in [3.05, 3.63) is 0 Å². The molecule has 1 N–H and O–H groups in total. The van der Waals surface area contributed by atoms with Gasteiger partial charge in [0.2, 0.25) is 21.8 Å². The molecule has 1 unspecified atom stereocenters. The molecule has 1 rings (SSSR count). The molecule has 0 aliphatic carbocycles. The van der Waals surface area contributed by atoms with E-state index in [-0.39, 0.29) is 38.1 Å². The van der Waals surface area contributed by atoms with Gasteiger partial charge in [0, 0.05) is 33.6 Å². The SMILES string of the molecule is CC(=O)N(C)CC(=O)N1CCOC(CN(CC(=O)O)S(C)(=O)=O)C1. The first kappa shape index (κ1) is 20.3. The zero-order valence-electron chi connectivity index (χ0n) is 14.0. The summed E-state index contributed by atoms with van der Waals surface area (Å²) in [5.74, 6) is -1.78. The fraction of sp³-hybridized carbons (Fsp3) is 0.769. The summed E-state index contributed by atoms with van der Waals surface area (Å²) in [6, 6.07) is 0. The van der Waals surface area contributed by atoms with Crippen LogP contribution in [-0.2, 0) is 29.1 Å². The van der Waals surface area contributed by atoms with Gasteiger partial charge in [0.1, 0.15) is 6.54 Å². The molecule has 1 atom stereocenters. The molecular weight excluding hydrogens is 342 g/mol. The third-order valence-corrected chi connectivity index (χ3v) is 4.81. The molecule has 2 amide bonds. The van der Waals surface area contributed by atoms with Crippen LogP contribution in [0.1, 0.15) is 6.92 Å². The predicted molar refractivity (Wildman–Crippen MR) is 83.7 cm³/mol. The van der Waals surface area contributed by atoms with Gasteiger partial charge in [-0.3, -0.25) is 14.4 Å². The lowest BCUT2D eigenvalue weighted by Crippen LogP contribution is -2.52. The van der Waals surface area contributed by atoms with E-state index >= 15 is 0 Å². The van der Waals surface area contributed by atoms with Crippen LogP contribution in [0.5, 0.6) is 0 Å². The first-order valence-electron chi connectivity index (χ1n) is 7.28. The van der Waals surface area contributed by atoms with Gasteiger partial charge in [-0.05, 0) is 0 Å². The summed E-state index contributed by atoms with van der Waals surface area (Å²) in [7, 11) is -2.20. The second-order valence-electron chi connectivity index (χ2n) is 5.66. The number of carbonyl (C=O) groups is 3. The van der Waals surface area contributed by atoms with E-state index in [1.165, 1.54) is 23.8 Å². The molecule has 0 aromatic heterocycles. The van der Waals surface area contributed by atoms with Crippen LogP contribution in [0, 0.1) is 0 Å². The maximum atomic E-state index is 12.2. The normalized spacial score (nSPS) is 18.5. The highest BCUT2D eigenvalue weighted by molar-refractivity contribution is 7.88. The highest BCUT2D eigenvalue weighted by Gasteiger charge is 2.30. The van der Waals surface area contributed by atoms with Gasteiger partial charge in [-0.15, -0.1) is 0 Å². The molecule has 1 aliphatic rings. The third kappa shape index (κ3) is 6.42. The van der Waals surface area contributed by atoms with Crippen LogP contribution in [0.15, 0.2) is 0 Å². The maximum absolute atomic E-state index is 12.2. The molecule has 0 radical (unpaired) electrons. The number of carboxylic acid groups (broad SMARTS) is 1. The van der Waals surface area contributed by atoms with E-state index in [0.29, 0.717) is 6.54 Å². The van der Waals surface area contributed by atoms with E-state index in [9.17, 15) is 22.8 Å².